The van der Waals surface area contributed by atoms with Gasteiger partial charge in [0.05, 0.1) is 55.8 Å². The molecule has 1 unspecified atom stereocenters. The van der Waals surface area contributed by atoms with Crippen molar-refractivity contribution in [3.8, 4) is 11.5 Å². The van der Waals surface area contributed by atoms with E-state index in [1.165, 1.54) is 36.4 Å². The summed E-state index contributed by atoms with van der Waals surface area (Å²) in [6.45, 7) is 3.18. The molecule has 2 aliphatic carbocycles. The zero-order chi connectivity index (χ0) is 50.5. The van der Waals surface area contributed by atoms with Crippen molar-refractivity contribution in [2.75, 3.05) is 4.72 Å². The van der Waals surface area contributed by atoms with Crippen molar-refractivity contribution in [3.63, 3.8) is 0 Å². The fourth-order valence-electron chi connectivity index (χ4n) is 6.04. The molecule has 0 fully saturated rings. The second-order valence-electron chi connectivity index (χ2n) is 13.4. The first kappa shape index (κ1) is 51.9. The van der Waals surface area contributed by atoms with Crippen LogP contribution >= 0.6 is 24.1 Å². The molecule has 4 aromatic carbocycles. The zero-order valence-corrected chi connectivity index (χ0v) is 38.8. The number of sulfone groups is 1. The van der Waals surface area contributed by atoms with Crippen molar-refractivity contribution in [2.45, 2.75) is 26.0 Å². The third-order valence-corrected chi connectivity index (χ3v) is 15.1. The van der Waals surface area contributed by atoms with Gasteiger partial charge in [-0.25, -0.2) is 27.4 Å². The van der Waals surface area contributed by atoms with Crippen LogP contribution in [0.25, 0.3) is 0 Å². The molecule has 0 saturated heterocycles. The Bertz CT molecular complexity index is 3400. The number of rotatable bonds is 19. The van der Waals surface area contributed by atoms with E-state index in [1.54, 1.807) is 0 Å². The number of anilines is 1. The topological polar surface area (TPSA) is 427 Å². The number of aliphatic hydroxyl groups excluding tert-OH is 1. The van der Waals surface area contributed by atoms with Crippen molar-refractivity contribution in [1.82, 2.24) is 0 Å². The molecule has 1 atom stereocenters. The number of nitrogens with zero attached hydrogens (tertiary/aromatic N) is 6. The van der Waals surface area contributed by atoms with Gasteiger partial charge in [-0.05, 0) is 79.2 Å². The Hall–Kier alpha value is -6.44. The summed E-state index contributed by atoms with van der Waals surface area (Å²) in [4.78, 5) is -3.79. The Balaban J connectivity index is 1.32. The summed E-state index contributed by atoms with van der Waals surface area (Å²) in [7, 11) is -19.2. The molecular weight excluding hydrogens is 1040 g/mol. The van der Waals surface area contributed by atoms with E-state index in [-0.39, 0.29) is 73.7 Å². The highest BCUT2D eigenvalue weighted by atomic mass is 32.2. The number of fused-ring (bicyclic) bond motifs is 1. The summed E-state index contributed by atoms with van der Waals surface area (Å²) in [6.07, 6.45) is 0.474. The number of sulfonamides is 1. The lowest BCUT2D eigenvalue weighted by molar-refractivity contribution is -0.432. The maximum atomic E-state index is 13.2. The molecular formula is C36H30N8O19S6. The summed E-state index contributed by atoms with van der Waals surface area (Å²) in [5.74, 6) is -2.76. The van der Waals surface area contributed by atoms with Crippen LogP contribution < -0.4 is 10.5 Å². The number of allylic oxidation sites excluding steroid dienone is 3. The van der Waals surface area contributed by atoms with Gasteiger partial charge >= 0.3 is 0 Å². The minimum absolute atomic E-state index is 0.00726. The number of benzene rings is 4. The van der Waals surface area contributed by atoms with E-state index >= 15 is 0 Å². The van der Waals surface area contributed by atoms with Crippen LogP contribution in [0.5, 0.6) is 11.5 Å². The number of hydrogen-bond acceptors (Lipinski definition) is 26. The largest absolute Gasteiger partial charge is 0.508 e. The van der Waals surface area contributed by atoms with Gasteiger partial charge in [-0.3, -0.25) is 13.8 Å². The summed E-state index contributed by atoms with van der Waals surface area (Å²) < 4.78 is 134. The standard InChI is InChI=1S/C36H30N8O19S6/c1-2-66(50,51)30-16-25(29(68(54,55)56)17-27(30)64-62-60-48)41-42-34-28(65-63-61-49)13-18-14-31(69(57,58)59)35(36(47)32(18)33(34)37)43-39-20-7-10-23(11-8-20)67(52,53)44-21-5-3-19(4-6-21)38-40-24-12-9-22(45)15-26(24)46/h2-12,14-18,44-49H,1,13,37H2,(H,54,55,56)(H,57,58,59)/b40-38+,42-41+,43-39+. The molecule has 2 aliphatic rings. The van der Waals surface area contributed by atoms with Crippen molar-refractivity contribution in [2.24, 2.45) is 42.3 Å². The minimum Gasteiger partial charge on any atom is -0.508 e. The molecule has 0 saturated carbocycles. The van der Waals surface area contributed by atoms with Crippen LogP contribution in [-0.2, 0) is 58.8 Å². The third kappa shape index (κ3) is 12.2. The monoisotopic (exact) mass is 1070 g/mol. The molecule has 6 rings (SSSR count). The van der Waals surface area contributed by atoms with E-state index in [1.807, 2.05) is 0 Å². The molecule has 4 aromatic rings. The van der Waals surface area contributed by atoms with Gasteiger partial charge in [-0.1, -0.05) is 22.7 Å². The maximum Gasteiger partial charge on any atom is 0.296 e. The summed E-state index contributed by atoms with van der Waals surface area (Å²) in [5.41, 5.74) is 3.67. The lowest BCUT2D eigenvalue weighted by atomic mass is 9.83. The number of phenolic OH excluding ortho intramolecular Hbond substituents is 2. The lowest BCUT2D eigenvalue weighted by Crippen LogP contribution is -2.24. The average molecular weight is 1070 g/mol. The molecule has 0 aromatic heterocycles. The van der Waals surface area contributed by atoms with Crippen LogP contribution in [0.4, 0.5) is 28.4 Å². The van der Waals surface area contributed by atoms with E-state index in [9.17, 15) is 58.1 Å². The predicted molar refractivity (Wildman–Crippen MR) is 239 cm³/mol. The normalized spacial score (nSPS) is 16.2. The molecule has 0 spiro atoms. The number of nitrogens with one attached hydrogen (secondary N) is 1. The minimum atomic E-state index is -5.26. The van der Waals surface area contributed by atoms with Crippen molar-refractivity contribution >= 4 is 92.6 Å². The first-order valence-corrected chi connectivity index (χ1v) is 25.6. The van der Waals surface area contributed by atoms with E-state index in [2.05, 4.69) is 60.7 Å². The molecule has 0 bridgehead atoms. The fourth-order valence-corrected chi connectivity index (χ4v) is 10.8. The van der Waals surface area contributed by atoms with Gasteiger partial charge in [0.25, 0.3) is 30.3 Å². The fraction of sp³-hybridized carbons (Fsp3) is 0.0556. The van der Waals surface area contributed by atoms with Gasteiger partial charge in [0.1, 0.15) is 49.8 Å². The Kier molecular flexibility index (Phi) is 15.8. The molecule has 0 heterocycles. The second-order valence-corrected chi connectivity index (χ2v) is 21.3. The quantitative estimate of drug-likeness (QED) is 0.0142. The van der Waals surface area contributed by atoms with Gasteiger partial charge in [0.15, 0.2) is 0 Å². The molecule has 69 heavy (non-hydrogen) atoms. The van der Waals surface area contributed by atoms with Gasteiger partial charge in [-0.15, -0.1) is 29.1 Å². The highest BCUT2D eigenvalue weighted by Crippen LogP contribution is 2.47. The van der Waals surface area contributed by atoms with E-state index in [0.717, 1.165) is 36.4 Å². The van der Waals surface area contributed by atoms with Crippen LogP contribution in [0.2, 0.25) is 0 Å². The Morgan fingerprint density at radius 1 is 0.696 bits per heavy atom. The number of nitrogens with two attached hydrogens (primary N) is 1. The van der Waals surface area contributed by atoms with E-state index in [0.29, 0.717) is 17.5 Å². The number of aliphatic hydroxyl groups is 1. The van der Waals surface area contributed by atoms with Crippen LogP contribution in [0.1, 0.15) is 6.42 Å². The van der Waals surface area contributed by atoms with Gasteiger partial charge in [0.2, 0.25) is 9.84 Å². The summed E-state index contributed by atoms with van der Waals surface area (Å²) in [6, 6.07) is 15.1. The first-order valence-electron chi connectivity index (χ1n) is 18.2. The zero-order valence-electron chi connectivity index (χ0n) is 33.9. The number of aromatic hydroxyl groups is 2. The van der Waals surface area contributed by atoms with Crippen LogP contribution in [0, 0.1) is 5.92 Å². The average Bonchev–Trinajstić information content (AvgIpc) is 3.29. The Morgan fingerprint density at radius 3 is 1.88 bits per heavy atom. The first-order chi connectivity index (χ1) is 32.5. The van der Waals surface area contributed by atoms with Crippen molar-refractivity contribution in [3.05, 3.63) is 135 Å². The maximum absolute atomic E-state index is 13.2. The highest BCUT2D eigenvalue weighted by molar-refractivity contribution is 7.98. The highest BCUT2D eigenvalue weighted by Gasteiger charge is 2.39. The van der Waals surface area contributed by atoms with Gasteiger partial charge in [0, 0.05) is 33.6 Å². The predicted octanol–water partition coefficient (Wildman–Crippen LogP) is 7.84. The van der Waals surface area contributed by atoms with Gasteiger partial charge in [-0.2, -0.15) is 27.1 Å². The van der Waals surface area contributed by atoms with E-state index < -0.39 is 101 Å². The Labute approximate surface area is 397 Å². The SMILES string of the molecule is C=CS(=O)(=O)c1cc(/N=N/C2=C(SOOO)CC3C=C(S(=O)(=O)O)C(/N=N/c4ccc(S(=O)(=O)Nc5ccc(/N=N/c6ccc(O)cc6O)cc5)cc4)=C(O)C3=C2N)c(S(=O)(=O)O)cc1SOOO. The number of phenols is 2. The van der Waals surface area contributed by atoms with E-state index in [4.69, 9.17) is 16.2 Å². The van der Waals surface area contributed by atoms with Gasteiger partial charge < -0.3 is 21.1 Å². The van der Waals surface area contributed by atoms with Crippen LogP contribution in [0.15, 0.2) is 185 Å². The molecule has 10 N–H and O–H groups in total. The summed E-state index contributed by atoms with van der Waals surface area (Å²) in [5, 5.41) is 79.2. The number of hydrogen-bond donors (Lipinski definition) is 9. The van der Waals surface area contributed by atoms with Crippen molar-refractivity contribution in [1.29, 1.82) is 0 Å². The van der Waals surface area contributed by atoms with Crippen LogP contribution in [-0.4, -0.2) is 68.6 Å². The second kappa shape index (κ2) is 21.1. The van der Waals surface area contributed by atoms with Crippen molar-refractivity contribution < 1.29 is 87.4 Å². The number of azo groups is 3. The smallest absolute Gasteiger partial charge is 0.296 e. The lowest BCUT2D eigenvalue weighted by Gasteiger charge is -2.29. The molecule has 0 amide bonds. The molecule has 0 aliphatic heterocycles. The van der Waals surface area contributed by atoms with Crippen LogP contribution in [0.3, 0.4) is 0 Å². The molecule has 27 nitrogen and oxygen atoms in total. The molecule has 364 valence electrons. The molecule has 33 heteroatoms. The Morgan fingerprint density at radius 2 is 1.29 bits per heavy atom. The molecule has 0 radical (unpaired) electrons. The summed E-state index contributed by atoms with van der Waals surface area (Å²) >= 11 is 0.220. The third-order valence-electron chi connectivity index (χ3n) is 9.10.